The van der Waals surface area contributed by atoms with E-state index < -0.39 is 51.7 Å². The van der Waals surface area contributed by atoms with Crippen LogP contribution < -0.4 is 40.6 Å². The summed E-state index contributed by atoms with van der Waals surface area (Å²) in [6.07, 6.45) is 6.28. The molecule has 91 heavy (non-hydrogen) atoms. The van der Waals surface area contributed by atoms with Crippen molar-refractivity contribution in [1.82, 2.24) is 35.6 Å². The van der Waals surface area contributed by atoms with Gasteiger partial charge in [-0.15, -0.1) is 0 Å². The van der Waals surface area contributed by atoms with Gasteiger partial charge in [-0.05, 0) is 92.7 Å². The third kappa shape index (κ3) is 19.8. The van der Waals surface area contributed by atoms with Crippen LogP contribution in [0, 0.1) is 0 Å². The van der Waals surface area contributed by atoms with E-state index in [0.29, 0.717) is 85.4 Å². The highest BCUT2D eigenvalue weighted by Crippen LogP contribution is 2.42. The molecule has 8 amide bonds. The van der Waals surface area contributed by atoms with Crippen molar-refractivity contribution >= 4 is 86.6 Å². The number of nitrogens with two attached hydrogens (primary N) is 1. The zero-order chi connectivity index (χ0) is 66.3. The van der Waals surface area contributed by atoms with E-state index in [4.69, 9.17) is 43.6 Å². The van der Waals surface area contributed by atoms with Crippen molar-refractivity contribution in [2.75, 3.05) is 111 Å². The number of likely N-dealkylation sites (tertiary alicyclic amines) is 1. The first-order valence-corrected chi connectivity index (χ1v) is 32.9. The van der Waals surface area contributed by atoms with Crippen LogP contribution in [-0.4, -0.2) is 212 Å². The average Bonchev–Trinajstić information content (AvgIpc) is 1.65. The zero-order valence-corrected chi connectivity index (χ0v) is 55.5. The lowest BCUT2D eigenvalue weighted by Crippen LogP contribution is -2.51. The van der Waals surface area contributed by atoms with Gasteiger partial charge in [0.25, 0.3) is 23.6 Å². The molecule has 7 rings (SSSR count). The summed E-state index contributed by atoms with van der Waals surface area (Å²) < 4.78 is 46.9. The number of aliphatic imine (C=N–C) groups is 1. The molecule has 0 aliphatic carbocycles. The summed E-state index contributed by atoms with van der Waals surface area (Å²) in [5.74, 6) is 0.0129. The molecular formula is C64H89N9O16S2. The Morgan fingerprint density at radius 2 is 1.41 bits per heavy atom. The maximum Gasteiger partial charge on any atom is 0.412 e. The molecule has 2 aromatic rings. The molecule has 5 N–H and O–H groups in total. The number of methoxy groups -OCH3 is 2. The van der Waals surface area contributed by atoms with E-state index in [-0.39, 0.29) is 126 Å². The van der Waals surface area contributed by atoms with Crippen molar-refractivity contribution in [3.05, 3.63) is 71.8 Å². The number of nitrogens with one attached hydrogen (secondary N) is 3. The predicted octanol–water partition coefficient (Wildman–Crippen LogP) is 6.55. The van der Waals surface area contributed by atoms with Gasteiger partial charge in [0, 0.05) is 100 Å². The maximum absolute atomic E-state index is 14.4. The van der Waals surface area contributed by atoms with Gasteiger partial charge in [0.15, 0.2) is 29.2 Å². The topological polar surface area (TPSA) is 298 Å². The number of rotatable bonds is 34. The van der Waals surface area contributed by atoms with Crippen molar-refractivity contribution in [3.63, 3.8) is 0 Å². The number of ether oxygens (including phenoxy) is 8. The Kier molecular flexibility index (Phi) is 24.9. The standard InChI is InChI=1S/C64H89N9O16S2/c1-41-29-47(72(35-41)57(79)43-30-48(82-10)50(32-45(43)65)84-24-13-12-14-25-85-51-33-46-44(31-49(51)83-11)58(80)73-36-42(2)34-64(73,9)38-68-46)59-71(23-27-86-59)60(81)87-40-63(7,8)91-90-28-19-54(76)67-21-20-66-53(75)18-26-88-62(5,6)39-89-61(3,4)37-69-52(74)17-22-70-55(77)15-16-56(70)78/h15-16,30-33,38,47,59H,1-2,12-14,17-29,34-37,39-40,65H2,3-11H3,(H,66,75)(H,67,76)(H,69,74)/t47?,59?,64-/m0/s1. The van der Waals surface area contributed by atoms with Crippen molar-refractivity contribution in [3.8, 4) is 23.0 Å². The van der Waals surface area contributed by atoms with Crippen LogP contribution in [0.15, 0.2) is 65.7 Å². The van der Waals surface area contributed by atoms with Crippen LogP contribution in [0.1, 0.15) is 121 Å². The molecule has 27 heteroatoms. The Hall–Kier alpha value is -7.33. The summed E-state index contributed by atoms with van der Waals surface area (Å²) in [7, 11) is 5.99. The third-order valence-electron chi connectivity index (χ3n) is 15.6. The number of fused-ring (bicyclic) bond motifs is 2. The summed E-state index contributed by atoms with van der Waals surface area (Å²) in [6.45, 7) is 24.4. The molecule has 25 nitrogen and oxygen atoms in total. The number of hydrogen-bond acceptors (Lipinski definition) is 20. The van der Waals surface area contributed by atoms with E-state index in [0.717, 1.165) is 22.5 Å². The first-order chi connectivity index (χ1) is 43.1. The molecular weight excluding hydrogens is 1210 g/mol. The van der Waals surface area contributed by atoms with Crippen LogP contribution in [0.3, 0.4) is 0 Å². The van der Waals surface area contributed by atoms with Gasteiger partial charge in [-0.1, -0.05) is 45.9 Å². The van der Waals surface area contributed by atoms with Crippen molar-refractivity contribution < 1.29 is 76.3 Å². The number of hydrogen-bond donors (Lipinski definition) is 4. The fraction of sp³-hybridized carbons (Fsp3) is 0.578. The highest BCUT2D eigenvalue weighted by Gasteiger charge is 2.46. The van der Waals surface area contributed by atoms with Crippen LogP contribution in [0.25, 0.3) is 0 Å². The van der Waals surface area contributed by atoms with E-state index in [1.807, 2.05) is 54.7 Å². The fourth-order valence-electron chi connectivity index (χ4n) is 10.6. The Balaban J connectivity index is 0.755. The number of anilines is 1. The molecule has 0 saturated carbocycles. The number of carbonyl (C=O) groups is 8. The van der Waals surface area contributed by atoms with Gasteiger partial charge in [0.1, 0.15) is 6.61 Å². The lowest BCUT2D eigenvalue weighted by atomic mass is 9.99. The number of carbonyl (C=O) groups excluding carboxylic acids is 8. The molecule has 0 bridgehead atoms. The second-order valence-corrected chi connectivity index (χ2v) is 28.1. The lowest BCUT2D eigenvalue weighted by Gasteiger charge is -2.33. The van der Waals surface area contributed by atoms with E-state index in [9.17, 15) is 38.4 Å². The molecule has 498 valence electrons. The molecule has 5 aliphatic rings. The summed E-state index contributed by atoms with van der Waals surface area (Å²) in [5, 5.41) is 8.37. The van der Waals surface area contributed by atoms with Crippen molar-refractivity contribution in [1.29, 1.82) is 0 Å². The number of benzene rings is 2. The largest absolute Gasteiger partial charge is 0.493 e. The van der Waals surface area contributed by atoms with Crippen LogP contribution in [0.2, 0.25) is 0 Å². The Labute approximate surface area is 540 Å². The summed E-state index contributed by atoms with van der Waals surface area (Å²) in [4.78, 5) is 113. The first-order valence-electron chi connectivity index (χ1n) is 30.6. The smallest absolute Gasteiger partial charge is 0.412 e. The predicted molar refractivity (Wildman–Crippen MR) is 346 cm³/mol. The number of nitrogen functional groups attached to an aromatic ring is 1. The quantitative estimate of drug-likeness (QED) is 0.0190. The van der Waals surface area contributed by atoms with Gasteiger partial charge in [0.05, 0.1) is 98.1 Å². The number of nitrogens with zero attached hydrogens (tertiary/aromatic N) is 5. The van der Waals surface area contributed by atoms with Crippen LogP contribution >= 0.6 is 21.6 Å². The Bertz CT molecular complexity index is 3100. The SMILES string of the molecule is C=C1CC(C2OCCN2C(=O)OCC(C)(C)SSCCC(=O)NCCNC(=O)CCOC(C)(C)COC(C)(C)CNC(=O)CCN2C(=O)C=CC2=O)N(C(=O)c2cc(OC)c(OCCCCCOc3cc4c(cc3OC)C(=O)N3CC(=C)C[C@@]3(C)C=N4)cc2N)C1. The van der Waals surface area contributed by atoms with Gasteiger partial charge >= 0.3 is 6.09 Å². The maximum atomic E-state index is 14.4. The molecule has 0 aromatic heterocycles. The van der Waals surface area contributed by atoms with Crippen LogP contribution in [-0.2, 0) is 42.9 Å². The molecule has 3 saturated heterocycles. The first kappa shape index (κ1) is 71.1. The average molecular weight is 1300 g/mol. The summed E-state index contributed by atoms with van der Waals surface area (Å²) in [6, 6.07) is 6.01. The minimum absolute atomic E-state index is 0.0102. The van der Waals surface area contributed by atoms with E-state index in [1.54, 1.807) is 34.1 Å². The number of amides is 8. The van der Waals surface area contributed by atoms with Crippen molar-refractivity contribution in [2.45, 2.75) is 134 Å². The second-order valence-electron chi connectivity index (χ2n) is 25.0. The molecule has 3 fully saturated rings. The Morgan fingerprint density at radius 1 is 0.758 bits per heavy atom. The highest BCUT2D eigenvalue weighted by molar-refractivity contribution is 8.77. The van der Waals surface area contributed by atoms with Gasteiger partial charge in [0.2, 0.25) is 17.7 Å². The molecule has 0 spiro atoms. The molecule has 5 aliphatic heterocycles. The van der Waals surface area contributed by atoms with Gasteiger partial charge < -0.3 is 69.4 Å². The van der Waals surface area contributed by atoms with Crippen LogP contribution in [0.5, 0.6) is 23.0 Å². The summed E-state index contributed by atoms with van der Waals surface area (Å²) >= 11 is 0. The van der Waals surface area contributed by atoms with Gasteiger partial charge in [-0.3, -0.25) is 48.4 Å². The molecule has 5 heterocycles. The number of unbranched alkanes of at least 4 members (excludes halogenated alkanes) is 2. The molecule has 0 radical (unpaired) electrons. The fourth-order valence-corrected chi connectivity index (χ4v) is 13.0. The molecule has 3 atom stereocenters. The van der Waals surface area contributed by atoms with Crippen molar-refractivity contribution in [2.24, 2.45) is 4.99 Å². The van der Waals surface area contributed by atoms with Gasteiger partial charge in [-0.25, -0.2) is 4.79 Å². The van der Waals surface area contributed by atoms with E-state index >= 15 is 0 Å². The third-order valence-corrected chi connectivity index (χ3v) is 18.8. The van der Waals surface area contributed by atoms with E-state index in [2.05, 4.69) is 34.1 Å². The minimum Gasteiger partial charge on any atom is -0.493 e. The highest BCUT2D eigenvalue weighted by atomic mass is 33.1. The van der Waals surface area contributed by atoms with Gasteiger partial charge in [-0.2, -0.15) is 0 Å². The van der Waals surface area contributed by atoms with E-state index in [1.165, 1.54) is 52.9 Å². The normalized spacial score (nSPS) is 19.0. The lowest BCUT2D eigenvalue weighted by molar-refractivity contribution is -0.137. The zero-order valence-electron chi connectivity index (χ0n) is 53.8. The molecule has 2 unspecified atom stereocenters. The minimum atomic E-state index is -0.800. The Morgan fingerprint density at radius 3 is 2.09 bits per heavy atom. The number of imide groups is 1. The molecule has 2 aromatic carbocycles. The van der Waals surface area contributed by atoms with Crippen LogP contribution in [0.4, 0.5) is 16.2 Å². The summed E-state index contributed by atoms with van der Waals surface area (Å²) in [5.41, 5.74) is 7.67. The monoisotopic (exact) mass is 1300 g/mol. The second kappa shape index (κ2) is 31.8.